The van der Waals surface area contributed by atoms with Gasteiger partial charge in [0, 0.05) is 76.5 Å². The zero-order valence-corrected chi connectivity index (χ0v) is 60.5. The number of aromatic nitrogens is 10. The van der Waals surface area contributed by atoms with Gasteiger partial charge in [-0.1, -0.05) is 253 Å². The first-order chi connectivity index (χ1) is 54.3. The Morgan fingerprint density at radius 3 is 0.827 bits per heavy atom. The van der Waals surface area contributed by atoms with Gasteiger partial charge in [-0.15, -0.1) is 0 Å². The van der Waals surface area contributed by atoms with E-state index < -0.39 is 0 Å². The monoisotopic (exact) mass is 1410 g/mol. The molecule has 21 aromatic rings. The summed E-state index contributed by atoms with van der Waals surface area (Å²) in [6, 6.07) is 125. The second-order valence-electron chi connectivity index (χ2n) is 28.7. The molecule has 0 aliphatic carbocycles. The smallest absolute Gasteiger partial charge is 0.288 e. The number of hydrogen-bond donors (Lipinski definition) is 0. The van der Waals surface area contributed by atoms with Gasteiger partial charge in [0.15, 0.2) is 0 Å². The molecule has 0 radical (unpaired) electrons. The van der Waals surface area contributed by atoms with Gasteiger partial charge in [0.2, 0.25) is 0 Å². The minimum absolute atomic E-state index is 0.352. The van der Waals surface area contributed by atoms with E-state index in [1.165, 1.54) is 22.2 Å². The second kappa shape index (κ2) is 26.0. The molecule has 0 saturated carbocycles. The highest BCUT2D eigenvalue weighted by Gasteiger charge is 2.31. The van der Waals surface area contributed by atoms with Gasteiger partial charge in [-0.2, -0.15) is 0 Å². The first-order valence-electron chi connectivity index (χ1n) is 37.4. The van der Waals surface area contributed by atoms with Crippen LogP contribution in [0.5, 0.6) is 0 Å². The van der Waals surface area contributed by atoms with E-state index in [1.807, 2.05) is 0 Å². The molecular weight excluding hydrogens is 1340 g/mol. The minimum Gasteiger partial charge on any atom is -0.309 e. The summed E-state index contributed by atoms with van der Waals surface area (Å²) in [5.41, 5.74) is 28.1. The lowest BCUT2D eigenvalue weighted by Gasteiger charge is -2.20. The zero-order chi connectivity index (χ0) is 73.1. The fourth-order valence-electron chi connectivity index (χ4n) is 17.2. The van der Waals surface area contributed by atoms with E-state index in [9.17, 15) is 0 Å². The molecule has 0 N–H and O–H groups in total. The van der Waals surface area contributed by atoms with Crippen LogP contribution in [0.3, 0.4) is 0 Å². The van der Waals surface area contributed by atoms with Crippen LogP contribution in [0.1, 0.15) is 16.7 Å². The first kappa shape index (κ1) is 64.0. The molecule has 0 aliphatic heterocycles. The van der Waals surface area contributed by atoms with Crippen molar-refractivity contribution in [3.8, 4) is 90.8 Å². The number of benzene rings is 11. The van der Waals surface area contributed by atoms with Crippen molar-refractivity contribution in [1.29, 1.82) is 0 Å². The van der Waals surface area contributed by atoms with Crippen molar-refractivity contribution in [1.82, 2.24) is 48.2 Å². The summed E-state index contributed by atoms with van der Waals surface area (Å²) >= 11 is 0. The largest absolute Gasteiger partial charge is 0.309 e. The third kappa shape index (κ3) is 10.7. The Kier molecular flexibility index (Phi) is 15.1. The molecule has 11 aromatic carbocycles. The van der Waals surface area contributed by atoms with Gasteiger partial charge in [0.1, 0.15) is 11.6 Å². The fraction of sp³-hybridized carbons (Fsp3) is 0.0303. The highest BCUT2D eigenvalue weighted by molar-refractivity contribution is 6.95. The van der Waals surface area contributed by atoms with Crippen LogP contribution in [0, 0.1) is 20.8 Å². The lowest BCUT2D eigenvalue weighted by molar-refractivity contribution is 1.08. The zero-order valence-electron chi connectivity index (χ0n) is 60.5. The topological polar surface area (TPSA) is 97.1 Å². The number of aryl methyl sites for hydroxylation is 3. The molecule has 0 atom stereocenters. The van der Waals surface area contributed by atoms with Crippen molar-refractivity contribution in [2.75, 3.05) is 0 Å². The maximum absolute atomic E-state index is 5.66. The van der Waals surface area contributed by atoms with Crippen LogP contribution in [-0.4, -0.2) is 54.9 Å². The predicted molar refractivity (Wildman–Crippen MR) is 455 cm³/mol. The molecule has 0 amide bonds. The SMILES string of the molecule is Cc1cc(C)c(B(c2cccc(-c3cccc(-n4c5ccccc5c5cc6c(cc54)c4ccccc4n6-c4cc(-c5ccccc5)nc(-c5ccccc5)c4)n3)n2)c2cccc(-c3cccc(-n4c5ccccc5c5cc6c(cc54)c4ccccc4n6-c4cc(-c5ccccc5)nc(-c5ccccc5)c4)n3)n2)c(C)c1. The molecule has 0 bridgehead atoms. The fourth-order valence-corrected chi connectivity index (χ4v) is 17.2. The molecule has 21 rings (SSSR count). The molecule has 0 aliphatic rings. The van der Waals surface area contributed by atoms with Crippen LogP contribution in [0.25, 0.3) is 178 Å². The van der Waals surface area contributed by atoms with Gasteiger partial charge >= 0.3 is 0 Å². The Bertz CT molecular complexity index is 6720. The van der Waals surface area contributed by atoms with Gasteiger partial charge in [-0.3, -0.25) is 19.1 Å². The van der Waals surface area contributed by atoms with Crippen molar-refractivity contribution in [2.45, 2.75) is 20.8 Å². The van der Waals surface area contributed by atoms with E-state index in [0.29, 0.717) is 0 Å². The lowest BCUT2D eigenvalue weighted by Crippen LogP contribution is -2.56. The van der Waals surface area contributed by atoms with Crippen LogP contribution in [0.2, 0.25) is 0 Å². The van der Waals surface area contributed by atoms with Crippen molar-refractivity contribution >= 4 is 111 Å². The van der Waals surface area contributed by atoms with E-state index in [1.54, 1.807) is 0 Å². The van der Waals surface area contributed by atoms with Crippen LogP contribution in [0.4, 0.5) is 0 Å². The second-order valence-corrected chi connectivity index (χ2v) is 28.7. The summed E-state index contributed by atoms with van der Waals surface area (Å²) in [6.07, 6.45) is 0. The van der Waals surface area contributed by atoms with E-state index in [4.69, 9.17) is 29.9 Å². The van der Waals surface area contributed by atoms with Crippen molar-refractivity contribution in [3.05, 3.63) is 369 Å². The maximum atomic E-state index is 5.66. The van der Waals surface area contributed by atoms with E-state index in [0.717, 1.165) is 189 Å². The Balaban J connectivity index is 0.667. The summed E-state index contributed by atoms with van der Waals surface area (Å²) < 4.78 is 9.48. The van der Waals surface area contributed by atoms with Crippen LogP contribution < -0.4 is 16.6 Å². The summed E-state index contributed by atoms with van der Waals surface area (Å²) in [6.45, 7) is 6.24. The maximum Gasteiger partial charge on any atom is 0.288 e. The molecule has 0 saturated heterocycles. The van der Waals surface area contributed by atoms with E-state index in [-0.39, 0.29) is 6.71 Å². The Morgan fingerprint density at radius 2 is 0.491 bits per heavy atom. The molecule has 11 heteroatoms. The van der Waals surface area contributed by atoms with Gasteiger partial charge < -0.3 is 9.13 Å². The molecule has 516 valence electrons. The Labute approximate surface area is 634 Å². The third-order valence-electron chi connectivity index (χ3n) is 22.0. The van der Waals surface area contributed by atoms with Crippen molar-refractivity contribution < 1.29 is 0 Å². The van der Waals surface area contributed by atoms with Crippen molar-refractivity contribution in [3.63, 3.8) is 0 Å². The predicted octanol–water partition coefficient (Wildman–Crippen LogP) is 21.9. The van der Waals surface area contributed by atoms with Gasteiger partial charge in [0.05, 0.1) is 101 Å². The molecule has 0 spiro atoms. The van der Waals surface area contributed by atoms with Gasteiger partial charge in [-0.25, -0.2) is 19.9 Å². The summed E-state index contributed by atoms with van der Waals surface area (Å²) in [5.74, 6) is 1.59. The molecule has 0 unspecified atom stereocenters. The average molecular weight is 1410 g/mol. The van der Waals surface area contributed by atoms with E-state index in [2.05, 4.69) is 391 Å². The minimum atomic E-state index is -0.352. The first-order valence-corrected chi connectivity index (χ1v) is 37.4. The molecule has 10 heterocycles. The standard InChI is InChI=1S/C99H67BN10/c1-62-52-63(2)99(64(3)53-62)100(95-48-24-40-79(103-95)81-42-26-50-97(105-81)109-89-46-22-18-38-73(89)77-58-91-75(60-93(77)109)71-36-16-20-44-87(71)107(91)69-54-83(65-28-8-4-9-29-65)101-84(55-69)66-30-10-5-11-31-66)96-49-25-41-80(104-96)82-43-27-51-98(106-82)110-90-47-23-19-39-74(90)78-59-92-76(61-94(78)110)72-37-17-21-45-88(72)108(92)70-56-85(67-32-12-6-13-33-67)102-86(57-70)68-34-14-7-15-35-68/h4-61H,1-3H3. The molecule has 10 nitrogen and oxygen atoms in total. The van der Waals surface area contributed by atoms with Crippen LogP contribution in [-0.2, 0) is 0 Å². The molecular formula is C99H67BN10. The molecule has 10 aromatic heterocycles. The highest BCUT2D eigenvalue weighted by atomic mass is 15.1. The molecule has 110 heavy (non-hydrogen) atoms. The third-order valence-corrected chi connectivity index (χ3v) is 22.0. The number of pyridine rings is 6. The summed E-state index contributed by atoms with van der Waals surface area (Å²) in [7, 11) is 0. The average Bonchev–Trinajstić information content (AvgIpc) is 1.56. The number of hydrogen-bond acceptors (Lipinski definition) is 6. The van der Waals surface area contributed by atoms with Crippen LogP contribution in [0.15, 0.2) is 352 Å². The highest BCUT2D eigenvalue weighted by Crippen LogP contribution is 2.44. The lowest BCUT2D eigenvalue weighted by atomic mass is 9.38. The normalized spacial score (nSPS) is 11.8. The Morgan fingerprint density at radius 1 is 0.209 bits per heavy atom. The number of para-hydroxylation sites is 4. The van der Waals surface area contributed by atoms with Gasteiger partial charge in [-0.05, 0) is 142 Å². The summed E-state index contributed by atoms with van der Waals surface area (Å²) in [5, 5.41) is 9.10. The van der Waals surface area contributed by atoms with Crippen molar-refractivity contribution in [2.24, 2.45) is 0 Å². The van der Waals surface area contributed by atoms with Gasteiger partial charge in [0.25, 0.3) is 6.71 Å². The number of rotatable bonds is 13. The Hall–Kier alpha value is -14.4. The number of fused-ring (bicyclic) bond motifs is 12. The summed E-state index contributed by atoms with van der Waals surface area (Å²) in [4.78, 5) is 33.1. The van der Waals surface area contributed by atoms with E-state index >= 15 is 0 Å². The molecule has 0 fully saturated rings. The number of nitrogens with zero attached hydrogens (tertiary/aromatic N) is 10. The van der Waals surface area contributed by atoms with Crippen LogP contribution >= 0.6 is 0 Å². The quantitative estimate of drug-likeness (QED) is 0.107.